The molecule has 6 heterocycles. The molecule has 0 saturated carbocycles. The molecule has 1 unspecified atom stereocenters. The Morgan fingerprint density at radius 3 is 1.14 bits per heavy atom. The first kappa shape index (κ1) is 31.9. The number of benzene rings is 7. The second kappa shape index (κ2) is 10.8. The number of hydrogen-bond donors (Lipinski definition) is 0. The standard InChI is InChI=1S/C49H40B3N5/c1-28-29-16-7-8-18-31(29)50-41-30(28)17-13-23-36(41)55(4)47-44(50)48-46(52-33-20-10-12-22-35(33)54(3)37-24-14-26-39(42(37)52)56(48)5)49-45(47)51-32-19-9-11-21-34(32)53(2)38-25-15-27-40(43(38)51)57(49)6/h7-28H,1-6H3. The highest BCUT2D eigenvalue weighted by Gasteiger charge is 2.54. The van der Waals surface area contributed by atoms with Gasteiger partial charge in [-0.15, -0.1) is 0 Å². The molecule has 0 spiro atoms. The van der Waals surface area contributed by atoms with E-state index < -0.39 is 0 Å². The van der Waals surface area contributed by atoms with E-state index in [1.807, 2.05) is 0 Å². The molecule has 6 aliphatic rings. The van der Waals surface area contributed by atoms with Crippen molar-refractivity contribution in [3.05, 3.63) is 139 Å². The molecule has 0 fully saturated rings. The first-order valence-electron chi connectivity index (χ1n) is 20.4. The molecule has 0 aromatic heterocycles. The van der Waals surface area contributed by atoms with Crippen LogP contribution in [0.3, 0.4) is 0 Å². The Balaban J connectivity index is 1.27. The molecular weight excluding hydrogens is 691 g/mol. The highest BCUT2D eigenvalue weighted by atomic mass is 15.2. The Morgan fingerprint density at radius 1 is 0.316 bits per heavy atom. The van der Waals surface area contributed by atoms with Crippen LogP contribution in [0.1, 0.15) is 24.0 Å². The highest BCUT2D eigenvalue weighted by molar-refractivity contribution is 7.08. The Hall–Kier alpha value is -6.27. The molecule has 8 heteroatoms. The van der Waals surface area contributed by atoms with Crippen LogP contribution in [-0.2, 0) is 0 Å². The Kier molecular flexibility index (Phi) is 6.02. The molecule has 5 nitrogen and oxygen atoms in total. The molecule has 0 bridgehead atoms. The zero-order chi connectivity index (χ0) is 38.2. The van der Waals surface area contributed by atoms with Crippen LogP contribution in [0.4, 0.5) is 56.9 Å². The third-order valence-corrected chi connectivity index (χ3v) is 14.8. The van der Waals surface area contributed by atoms with Crippen molar-refractivity contribution in [2.24, 2.45) is 0 Å². The van der Waals surface area contributed by atoms with Crippen molar-refractivity contribution in [2.75, 3.05) is 59.7 Å². The number of hydrogen-bond acceptors (Lipinski definition) is 5. The summed E-state index contributed by atoms with van der Waals surface area (Å²) in [7, 11) is 11.5. The fourth-order valence-electron chi connectivity index (χ4n) is 12.5. The van der Waals surface area contributed by atoms with Crippen molar-refractivity contribution in [1.29, 1.82) is 0 Å². The van der Waals surface area contributed by atoms with E-state index in [1.165, 1.54) is 117 Å². The summed E-state index contributed by atoms with van der Waals surface area (Å²) in [6, 6.07) is 48.7. The average molecular weight is 731 g/mol. The summed E-state index contributed by atoms with van der Waals surface area (Å²) in [5, 5.41) is 0. The summed E-state index contributed by atoms with van der Waals surface area (Å²) in [6.07, 6.45) is 0. The molecule has 1 atom stereocenters. The van der Waals surface area contributed by atoms with E-state index in [0.29, 0.717) is 5.92 Å². The fraction of sp³-hybridized carbons (Fsp3) is 0.143. The van der Waals surface area contributed by atoms with Gasteiger partial charge in [-0.2, -0.15) is 0 Å². The zero-order valence-electron chi connectivity index (χ0n) is 33.2. The van der Waals surface area contributed by atoms with E-state index in [4.69, 9.17) is 0 Å². The SMILES string of the molecule is CC1c2ccccc2B2c3c1cccc3N(C)c1c2c2c(c3c1B1c4ccccc4N(C)c4cccc(c41)N3C)B1c3ccccc3N(C)c3cccc(c31)N2C. The van der Waals surface area contributed by atoms with Crippen molar-refractivity contribution < 1.29 is 0 Å². The van der Waals surface area contributed by atoms with Crippen LogP contribution in [0.5, 0.6) is 0 Å². The number of para-hydroxylation sites is 2. The quantitative estimate of drug-likeness (QED) is 0.218. The summed E-state index contributed by atoms with van der Waals surface area (Å²) < 4.78 is 0. The third-order valence-electron chi connectivity index (χ3n) is 14.8. The van der Waals surface area contributed by atoms with Gasteiger partial charge in [0.25, 0.3) is 13.4 Å². The van der Waals surface area contributed by atoms with Gasteiger partial charge in [-0.25, -0.2) is 0 Å². The maximum Gasteiger partial charge on any atom is 0.254 e. The minimum atomic E-state index is 0.0437. The predicted molar refractivity (Wildman–Crippen MR) is 247 cm³/mol. The third kappa shape index (κ3) is 3.63. The van der Waals surface area contributed by atoms with Gasteiger partial charge in [0.2, 0.25) is 6.71 Å². The second-order valence-corrected chi connectivity index (χ2v) is 17.0. The topological polar surface area (TPSA) is 16.2 Å². The van der Waals surface area contributed by atoms with Gasteiger partial charge in [-0.05, 0) is 97.3 Å². The molecule has 7 aromatic carbocycles. The number of anilines is 10. The minimum Gasteiger partial charge on any atom is -0.346 e. The molecule has 0 aliphatic carbocycles. The van der Waals surface area contributed by atoms with Crippen LogP contribution in [0, 0.1) is 0 Å². The van der Waals surface area contributed by atoms with E-state index in [0.717, 1.165) is 0 Å². The molecule has 6 aliphatic heterocycles. The maximum absolute atomic E-state index is 2.59. The van der Waals surface area contributed by atoms with E-state index in [9.17, 15) is 0 Å². The van der Waals surface area contributed by atoms with Crippen LogP contribution in [0.25, 0.3) is 0 Å². The van der Waals surface area contributed by atoms with Crippen LogP contribution < -0.4 is 73.7 Å². The lowest BCUT2D eigenvalue weighted by molar-refractivity contribution is 0.928. The van der Waals surface area contributed by atoms with Crippen LogP contribution in [0.15, 0.2) is 127 Å². The molecule has 0 saturated heterocycles. The molecule has 7 aromatic rings. The van der Waals surface area contributed by atoms with E-state index in [1.54, 1.807) is 0 Å². The predicted octanol–water partition coefficient (Wildman–Crippen LogP) is 4.11. The summed E-state index contributed by atoms with van der Waals surface area (Å²) in [5.41, 5.74) is 28.7. The van der Waals surface area contributed by atoms with Crippen LogP contribution in [0.2, 0.25) is 0 Å². The highest BCUT2D eigenvalue weighted by Crippen LogP contribution is 2.45. The van der Waals surface area contributed by atoms with Crippen LogP contribution >= 0.6 is 0 Å². The molecule has 57 heavy (non-hydrogen) atoms. The minimum absolute atomic E-state index is 0.0437. The lowest BCUT2D eigenvalue weighted by Crippen LogP contribution is -2.72. The van der Waals surface area contributed by atoms with Crippen molar-refractivity contribution in [1.82, 2.24) is 0 Å². The smallest absolute Gasteiger partial charge is 0.254 e. The van der Waals surface area contributed by atoms with Gasteiger partial charge in [0, 0.05) is 98.0 Å². The van der Waals surface area contributed by atoms with Gasteiger partial charge < -0.3 is 24.5 Å². The molecule has 0 N–H and O–H groups in total. The van der Waals surface area contributed by atoms with Crippen molar-refractivity contribution >= 4 is 126 Å². The van der Waals surface area contributed by atoms with E-state index in [2.05, 4.69) is 194 Å². The first-order chi connectivity index (χ1) is 27.9. The summed E-state index contributed by atoms with van der Waals surface area (Å²) in [4.78, 5) is 12.6. The number of rotatable bonds is 0. The van der Waals surface area contributed by atoms with Gasteiger partial charge in [-0.3, -0.25) is 0 Å². The van der Waals surface area contributed by atoms with E-state index >= 15 is 0 Å². The lowest BCUT2D eigenvalue weighted by atomic mass is 9.25. The van der Waals surface area contributed by atoms with Gasteiger partial charge >= 0.3 is 0 Å². The Morgan fingerprint density at radius 2 is 0.649 bits per heavy atom. The first-order valence-corrected chi connectivity index (χ1v) is 20.4. The zero-order valence-corrected chi connectivity index (χ0v) is 33.2. The molecule has 0 radical (unpaired) electrons. The van der Waals surface area contributed by atoms with Crippen molar-refractivity contribution in [2.45, 2.75) is 12.8 Å². The Bertz CT molecular complexity index is 2640. The second-order valence-electron chi connectivity index (χ2n) is 17.0. The average Bonchev–Trinajstić information content (AvgIpc) is 3.25. The lowest BCUT2D eigenvalue weighted by Gasteiger charge is -2.51. The van der Waals surface area contributed by atoms with Gasteiger partial charge in [0.1, 0.15) is 0 Å². The maximum atomic E-state index is 2.59. The summed E-state index contributed by atoms with van der Waals surface area (Å²) in [6.45, 7) is 2.57. The Labute approximate surface area is 336 Å². The van der Waals surface area contributed by atoms with E-state index in [-0.39, 0.29) is 20.1 Å². The van der Waals surface area contributed by atoms with Gasteiger partial charge in [-0.1, -0.05) is 97.3 Å². The summed E-state index contributed by atoms with van der Waals surface area (Å²) >= 11 is 0. The number of nitrogens with zero attached hydrogens (tertiary/aromatic N) is 5. The van der Waals surface area contributed by atoms with Crippen molar-refractivity contribution in [3.8, 4) is 0 Å². The summed E-state index contributed by atoms with van der Waals surface area (Å²) in [5.74, 6) is 0.305. The number of fused-ring (bicyclic) bond motifs is 15. The monoisotopic (exact) mass is 731 g/mol. The molecular formula is C49H40B3N5. The normalized spacial score (nSPS) is 16.8. The van der Waals surface area contributed by atoms with Crippen molar-refractivity contribution in [3.63, 3.8) is 0 Å². The molecule has 0 amide bonds. The fourth-order valence-corrected chi connectivity index (χ4v) is 12.5. The van der Waals surface area contributed by atoms with Crippen LogP contribution in [-0.4, -0.2) is 55.4 Å². The largest absolute Gasteiger partial charge is 0.346 e. The van der Waals surface area contributed by atoms with Gasteiger partial charge in [0.15, 0.2) is 0 Å². The van der Waals surface area contributed by atoms with Gasteiger partial charge in [0.05, 0.1) is 0 Å². The molecule has 270 valence electrons. The molecule has 13 rings (SSSR count).